The van der Waals surface area contributed by atoms with Gasteiger partial charge in [-0.05, 0) is 29.1 Å². The normalized spacial score (nSPS) is 67.9. The lowest BCUT2D eigenvalue weighted by molar-refractivity contribution is -0.232. The van der Waals surface area contributed by atoms with Gasteiger partial charge in [0.15, 0.2) is 0 Å². The van der Waals surface area contributed by atoms with Crippen LogP contribution in [0.4, 0.5) is 0 Å². The molecule has 1 heteroatoms. The Labute approximate surface area is 69.4 Å². The van der Waals surface area contributed by atoms with Crippen LogP contribution in [0.25, 0.3) is 0 Å². The maximum absolute atomic E-state index is 6.05. The molecule has 2 saturated carbocycles. The van der Waals surface area contributed by atoms with Crippen molar-refractivity contribution in [2.75, 3.05) is 0 Å². The Bertz CT molecular complexity index is 171. The summed E-state index contributed by atoms with van der Waals surface area (Å²) in [6.07, 6.45) is 0. The smallest absolute Gasteiger partial charge is 0.0106 e. The highest BCUT2D eigenvalue weighted by Gasteiger charge is 2.68. The molecule has 1 nitrogen and oxygen atoms in total. The minimum Gasteiger partial charge on any atom is -0.327 e. The van der Waals surface area contributed by atoms with Crippen LogP contribution >= 0.6 is 0 Å². The van der Waals surface area contributed by atoms with E-state index in [1.54, 1.807) is 0 Å². The Morgan fingerprint density at radius 3 is 2.09 bits per heavy atom. The van der Waals surface area contributed by atoms with Gasteiger partial charge in [-0.1, -0.05) is 27.7 Å². The summed E-state index contributed by atoms with van der Waals surface area (Å²) in [5, 5.41) is 0. The van der Waals surface area contributed by atoms with E-state index in [0.29, 0.717) is 11.5 Å². The summed E-state index contributed by atoms with van der Waals surface area (Å²) in [6.45, 7) is 9.45. The van der Waals surface area contributed by atoms with E-state index in [1.807, 2.05) is 0 Å². The fourth-order valence-electron chi connectivity index (χ4n) is 3.72. The van der Waals surface area contributed by atoms with Gasteiger partial charge in [-0.3, -0.25) is 0 Å². The van der Waals surface area contributed by atoms with E-state index in [-0.39, 0.29) is 0 Å². The van der Waals surface area contributed by atoms with E-state index in [9.17, 15) is 0 Å². The van der Waals surface area contributed by atoms with Gasteiger partial charge in [-0.2, -0.15) is 0 Å². The van der Waals surface area contributed by atoms with Gasteiger partial charge in [0.1, 0.15) is 0 Å². The lowest BCUT2D eigenvalue weighted by Crippen LogP contribution is -2.75. The third-order valence-electron chi connectivity index (χ3n) is 5.03. The molecule has 0 amide bonds. The minimum absolute atomic E-state index is 0.492. The summed E-state index contributed by atoms with van der Waals surface area (Å²) in [7, 11) is 0. The third kappa shape index (κ3) is 0.547. The fraction of sp³-hybridized carbons (Fsp3) is 1.00. The van der Waals surface area contributed by atoms with Crippen molar-refractivity contribution in [3.8, 4) is 0 Å². The van der Waals surface area contributed by atoms with Gasteiger partial charge in [0.05, 0.1) is 0 Å². The molecule has 0 aromatic rings. The fourth-order valence-corrected chi connectivity index (χ4v) is 3.72. The maximum atomic E-state index is 6.05. The van der Waals surface area contributed by atoms with E-state index < -0.39 is 0 Å². The first-order valence-corrected chi connectivity index (χ1v) is 4.76. The molecule has 6 atom stereocenters. The molecule has 2 rings (SSSR count). The van der Waals surface area contributed by atoms with Crippen LogP contribution in [0, 0.1) is 29.1 Å². The van der Waals surface area contributed by atoms with Crippen molar-refractivity contribution in [2.24, 2.45) is 34.8 Å². The van der Waals surface area contributed by atoms with Gasteiger partial charge in [0.2, 0.25) is 0 Å². The lowest BCUT2D eigenvalue weighted by Gasteiger charge is -2.73. The molecular formula is C10H19N. The van der Waals surface area contributed by atoms with E-state index >= 15 is 0 Å². The molecule has 11 heavy (non-hydrogen) atoms. The summed E-state index contributed by atoms with van der Waals surface area (Å²) in [5.41, 5.74) is 6.64. The quantitative estimate of drug-likeness (QED) is 0.565. The van der Waals surface area contributed by atoms with E-state index in [2.05, 4.69) is 27.7 Å². The average molecular weight is 153 g/mol. The molecule has 64 valence electrons. The number of fused-ring (bicyclic) bond motifs is 1. The first-order chi connectivity index (χ1) is 5.01. The Hall–Kier alpha value is -0.0400. The van der Waals surface area contributed by atoms with Crippen molar-refractivity contribution in [1.82, 2.24) is 0 Å². The Balaban J connectivity index is 2.20. The molecule has 0 radical (unpaired) electrons. The summed E-state index contributed by atoms with van der Waals surface area (Å²) in [5.74, 6) is 3.33. The highest BCUT2D eigenvalue weighted by atomic mass is 14.9. The van der Waals surface area contributed by atoms with Crippen LogP contribution in [0.1, 0.15) is 27.7 Å². The van der Waals surface area contributed by atoms with Gasteiger partial charge in [0, 0.05) is 6.04 Å². The highest BCUT2D eigenvalue weighted by molar-refractivity contribution is 5.18. The molecule has 0 aromatic heterocycles. The van der Waals surface area contributed by atoms with Crippen LogP contribution in [0.5, 0.6) is 0 Å². The number of hydrogen-bond acceptors (Lipinski definition) is 1. The Morgan fingerprint density at radius 2 is 1.64 bits per heavy atom. The molecule has 0 saturated heterocycles. The topological polar surface area (TPSA) is 26.0 Å². The van der Waals surface area contributed by atoms with E-state index in [0.717, 1.165) is 23.7 Å². The first kappa shape index (κ1) is 7.60. The molecule has 0 aromatic carbocycles. The van der Waals surface area contributed by atoms with E-state index in [1.165, 1.54) is 0 Å². The van der Waals surface area contributed by atoms with Crippen LogP contribution in [0.3, 0.4) is 0 Å². The highest BCUT2D eigenvalue weighted by Crippen LogP contribution is 2.69. The molecule has 3 unspecified atom stereocenters. The van der Waals surface area contributed by atoms with Gasteiger partial charge in [0.25, 0.3) is 0 Å². The second-order valence-electron chi connectivity index (χ2n) is 4.91. The number of nitrogens with two attached hydrogens (primary N) is 1. The molecule has 0 spiro atoms. The van der Waals surface area contributed by atoms with Crippen LogP contribution in [-0.4, -0.2) is 6.04 Å². The molecule has 2 aliphatic rings. The first-order valence-electron chi connectivity index (χ1n) is 4.76. The lowest BCUT2D eigenvalue weighted by atomic mass is 9.33. The summed E-state index contributed by atoms with van der Waals surface area (Å²) in [4.78, 5) is 0. The van der Waals surface area contributed by atoms with Gasteiger partial charge < -0.3 is 5.73 Å². The van der Waals surface area contributed by atoms with Crippen LogP contribution in [0.15, 0.2) is 0 Å². The summed E-state index contributed by atoms with van der Waals surface area (Å²) >= 11 is 0. The largest absolute Gasteiger partial charge is 0.327 e. The Kier molecular flexibility index (Phi) is 1.26. The van der Waals surface area contributed by atoms with Crippen molar-refractivity contribution in [1.29, 1.82) is 0 Å². The zero-order valence-corrected chi connectivity index (χ0v) is 7.96. The predicted molar refractivity (Wildman–Crippen MR) is 47.1 cm³/mol. The van der Waals surface area contributed by atoms with Crippen molar-refractivity contribution in [3.05, 3.63) is 0 Å². The molecule has 2 N–H and O–H groups in total. The molecule has 2 fully saturated rings. The molecule has 0 heterocycles. The molecule has 0 bridgehead atoms. The van der Waals surface area contributed by atoms with E-state index in [4.69, 9.17) is 5.73 Å². The number of hydrogen-bond donors (Lipinski definition) is 1. The van der Waals surface area contributed by atoms with Crippen LogP contribution < -0.4 is 5.73 Å². The van der Waals surface area contributed by atoms with Crippen molar-refractivity contribution in [3.63, 3.8) is 0 Å². The van der Waals surface area contributed by atoms with Crippen LogP contribution in [0.2, 0.25) is 0 Å². The third-order valence-corrected chi connectivity index (χ3v) is 5.03. The predicted octanol–water partition coefficient (Wildman–Crippen LogP) is 1.87. The second kappa shape index (κ2) is 1.82. The van der Waals surface area contributed by atoms with Gasteiger partial charge >= 0.3 is 0 Å². The molecule has 2 aliphatic carbocycles. The zero-order valence-electron chi connectivity index (χ0n) is 7.96. The zero-order chi connectivity index (χ0) is 8.39. The maximum Gasteiger partial charge on any atom is 0.0106 e. The Morgan fingerprint density at radius 1 is 1.09 bits per heavy atom. The standard InChI is InChI=1S/C10H19N/c1-5-6(2)10(4)7(3)9(11)8(5)10/h5-9H,11H2,1-4H3/t5?,6-,7+,8?,9?,10-/m0/s1. The number of rotatable bonds is 0. The van der Waals surface area contributed by atoms with Crippen molar-refractivity contribution < 1.29 is 0 Å². The SMILES string of the molecule is CC1C2C(N)[C@@H](C)[C@]2(C)[C@H]1C. The van der Waals surface area contributed by atoms with Crippen molar-refractivity contribution in [2.45, 2.75) is 33.7 Å². The van der Waals surface area contributed by atoms with Gasteiger partial charge in [-0.15, -0.1) is 0 Å². The average Bonchev–Trinajstić information content (AvgIpc) is 2.02. The van der Waals surface area contributed by atoms with Crippen molar-refractivity contribution >= 4 is 0 Å². The van der Waals surface area contributed by atoms with Crippen LogP contribution in [-0.2, 0) is 0 Å². The second-order valence-corrected chi connectivity index (χ2v) is 4.91. The molecule has 0 aliphatic heterocycles. The minimum atomic E-state index is 0.492. The summed E-state index contributed by atoms with van der Waals surface area (Å²) < 4.78 is 0. The molecular weight excluding hydrogens is 134 g/mol. The van der Waals surface area contributed by atoms with Gasteiger partial charge in [-0.25, -0.2) is 0 Å². The monoisotopic (exact) mass is 153 g/mol. The summed E-state index contributed by atoms with van der Waals surface area (Å²) in [6, 6.07) is 0.492.